The first-order valence-electron chi connectivity index (χ1n) is 6.30. The Morgan fingerprint density at radius 1 is 0.944 bits per heavy atom. The van der Waals surface area contributed by atoms with Gasteiger partial charge in [-0.25, -0.2) is 0 Å². The fourth-order valence-electron chi connectivity index (χ4n) is 2.87. The molecular formula is C17H13N. The molecule has 86 valence electrons. The van der Waals surface area contributed by atoms with E-state index in [1.165, 1.54) is 16.3 Å². The van der Waals surface area contributed by atoms with Crippen molar-refractivity contribution in [3.05, 3.63) is 76.3 Å². The molecule has 2 aliphatic rings. The van der Waals surface area contributed by atoms with Gasteiger partial charge in [0.15, 0.2) is 0 Å². The van der Waals surface area contributed by atoms with Gasteiger partial charge in [0.25, 0.3) is 0 Å². The third-order valence-corrected chi connectivity index (χ3v) is 3.75. The Bertz CT molecular complexity index is 733. The number of rotatable bonds is 0. The molecule has 1 unspecified atom stereocenters. The molecule has 1 aliphatic heterocycles. The molecule has 1 heterocycles. The SMILES string of the molecule is C1=CC2(C=c3ccccc3=N2)Cc2ccccc21. The van der Waals surface area contributed by atoms with Crippen molar-refractivity contribution in [3.8, 4) is 0 Å². The third-order valence-electron chi connectivity index (χ3n) is 3.75. The lowest BCUT2D eigenvalue weighted by atomic mass is 9.84. The standard InChI is InChI=1S/C17H13N/c1-2-6-14-11-17(10-9-13(14)5-1)12-15-7-3-4-8-16(15)18-17/h1-10,12H,11H2. The van der Waals surface area contributed by atoms with Crippen LogP contribution in [0.1, 0.15) is 11.1 Å². The predicted octanol–water partition coefficient (Wildman–Crippen LogP) is 2.11. The van der Waals surface area contributed by atoms with E-state index >= 15 is 0 Å². The average Bonchev–Trinajstić information content (AvgIpc) is 2.76. The molecule has 18 heavy (non-hydrogen) atoms. The molecule has 0 bridgehead atoms. The first kappa shape index (κ1) is 9.84. The van der Waals surface area contributed by atoms with Crippen molar-refractivity contribution >= 4 is 12.2 Å². The van der Waals surface area contributed by atoms with E-state index in [4.69, 9.17) is 4.99 Å². The van der Waals surface area contributed by atoms with Crippen LogP contribution in [0.4, 0.5) is 0 Å². The Hall–Kier alpha value is -2.15. The van der Waals surface area contributed by atoms with Crippen LogP contribution in [0.2, 0.25) is 0 Å². The summed E-state index contributed by atoms with van der Waals surface area (Å²) in [5, 5.41) is 2.36. The number of para-hydroxylation sites is 1. The summed E-state index contributed by atoms with van der Waals surface area (Å²) in [6.45, 7) is 0. The summed E-state index contributed by atoms with van der Waals surface area (Å²) in [5.74, 6) is 0. The minimum Gasteiger partial charge on any atom is -0.269 e. The molecule has 0 amide bonds. The lowest BCUT2D eigenvalue weighted by Crippen LogP contribution is -2.25. The van der Waals surface area contributed by atoms with Gasteiger partial charge in [-0.2, -0.15) is 0 Å². The molecular weight excluding hydrogens is 218 g/mol. The highest BCUT2D eigenvalue weighted by Crippen LogP contribution is 2.30. The topological polar surface area (TPSA) is 12.4 Å². The molecule has 0 radical (unpaired) electrons. The van der Waals surface area contributed by atoms with Gasteiger partial charge in [0.2, 0.25) is 0 Å². The normalized spacial score (nSPS) is 23.1. The number of hydrogen-bond donors (Lipinski definition) is 0. The number of fused-ring (bicyclic) bond motifs is 2. The first-order chi connectivity index (χ1) is 8.85. The maximum Gasteiger partial charge on any atom is 0.103 e. The van der Waals surface area contributed by atoms with Crippen LogP contribution in [-0.4, -0.2) is 5.54 Å². The van der Waals surface area contributed by atoms with Crippen molar-refractivity contribution in [2.24, 2.45) is 4.99 Å². The van der Waals surface area contributed by atoms with Gasteiger partial charge in [0.1, 0.15) is 5.54 Å². The van der Waals surface area contributed by atoms with Gasteiger partial charge in [-0.3, -0.25) is 4.99 Å². The van der Waals surface area contributed by atoms with Crippen LogP contribution in [-0.2, 0) is 6.42 Å². The second-order valence-electron chi connectivity index (χ2n) is 5.02. The van der Waals surface area contributed by atoms with E-state index in [-0.39, 0.29) is 5.54 Å². The van der Waals surface area contributed by atoms with Gasteiger partial charge in [-0.15, -0.1) is 0 Å². The molecule has 0 saturated heterocycles. The molecule has 0 aromatic heterocycles. The van der Waals surface area contributed by atoms with E-state index in [0.717, 1.165) is 11.8 Å². The summed E-state index contributed by atoms with van der Waals surface area (Å²) in [7, 11) is 0. The molecule has 1 aliphatic carbocycles. The number of nitrogens with zero attached hydrogens (tertiary/aromatic N) is 1. The number of benzene rings is 2. The maximum atomic E-state index is 4.90. The Morgan fingerprint density at radius 2 is 1.78 bits per heavy atom. The van der Waals surface area contributed by atoms with Crippen LogP contribution in [0.25, 0.3) is 12.2 Å². The van der Waals surface area contributed by atoms with Crippen molar-refractivity contribution < 1.29 is 0 Å². The zero-order chi connectivity index (χ0) is 12.0. The molecule has 1 atom stereocenters. The van der Waals surface area contributed by atoms with Crippen LogP contribution < -0.4 is 10.6 Å². The van der Waals surface area contributed by atoms with Crippen LogP contribution in [0.5, 0.6) is 0 Å². The minimum absolute atomic E-state index is 0.155. The lowest BCUT2D eigenvalue weighted by molar-refractivity contribution is 0.678. The summed E-state index contributed by atoms with van der Waals surface area (Å²) < 4.78 is 0. The Labute approximate surface area is 106 Å². The quantitative estimate of drug-likeness (QED) is 0.658. The molecule has 0 N–H and O–H groups in total. The molecule has 1 heteroatoms. The summed E-state index contributed by atoms with van der Waals surface area (Å²) in [4.78, 5) is 4.90. The van der Waals surface area contributed by atoms with Crippen molar-refractivity contribution in [2.75, 3.05) is 0 Å². The van der Waals surface area contributed by atoms with Gasteiger partial charge in [-0.1, -0.05) is 54.6 Å². The Kier molecular flexibility index (Phi) is 1.87. The number of hydrogen-bond acceptors (Lipinski definition) is 1. The summed E-state index contributed by atoms with van der Waals surface area (Å²) >= 11 is 0. The van der Waals surface area contributed by atoms with Gasteiger partial charge < -0.3 is 0 Å². The first-order valence-corrected chi connectivity index (χ1v) is 6.30. The van der Waals surface area contributed by atoms with Crippen molar-refractivity contribution in [1.82, 2.24) is 0 Å². The lowest BCUT2D eigenvalue weighted by Gasteiger charge is -2.25. The molecule has 0 fully saturated rings. The van der Waals surface area contributed by atoms with E-state index < -0.39 is 0 Å². The highest BCUT2D eigenvalue weighted by Gasteiger charge is 2.29. The average molecular weight is 231 g/mol. The van der Waals surface area contributed by atoms with Crippen molar-refractivity contribution in [3.63, 3.8) is 0 Å². The highest BCUT2D eigenvalue weighted by molar-refractivity contribution is 5.65. The van der Waals surface area contributed by atoms with E-state index in [9.17, 15) is 0 Å². The van der Waals surface area contributed by atoms with Crippen LogP contribution in [0.15, 0.2) is 59.6 Å². The molecule has 0 saturated carbocycles. The summed E-state index contributed by atoms with van der Waals surface area (Å²) in [5.41, 5.74) is 2.55. The minimum atomic E-state index is -0.155. The van der Waals surface area contributed by atoms with Gasteiger partial charge in [-0.05, 0) is 28.5 Å². The van der Waals surface area contributed by atoms with E-state index in [0.29, 0.717) is 0 Å². The molecule has 4 rings (SSSR count). The maximum absolute atomic E-state index is 4.90. The van der Waals surface area contributed by atoms with Crippen molar-refractivity contribution in [1.29, 1.82) is 0 Å². The van der Waals surface area contributed by atoms with E-state index in [2.05, 4.69) is 66.8 Å². The van der Waals surface area contributed by atoms with Crippen LogP contribution in [0, 0.1) is 0 Å². The molecule has 1 spiro atoms. The van der Waals surface area contributed by atoms with Crippen LogP contribution in [0.3, 0.4) is 0 Å². The summed E-state index contributed by atoms with van der Waals surface area (Å²) in [6.07, 6.45) is 7.68. The second-order valence-corrected chi connectivity index (χ2v) is 5.02. The van der Waals surface area contributed by atoms with Gasteiger partial charge >= 0.3 is 0 Å². The fraction of sp³-hybridized carbons (Fsp3) is 0.118. The van der Waals surface area contributed by atoms with E-state index in [1.54, 1.807) is 0 Å². The zero-order valence-corrected chi connectivity index (χ0v) is 10.0. The Balaban J connectivity index is 1.89. The largest absolute Gasteiger partial charge is 0.269 e. The van der Waals surface area contributed by atoms with E-state index in [1.807, 2.05) is 0 Å². The monoisotopic (exact) mass is 231 g/mol. The smallest absolute Gasteiger partial charge is 0.103 e. The highest BCUT2D eigenvalue weighted by atomic mass is 14.9. The molecule has 2 aromatic carbocycles. The predicted molar refractivity (Wildman–Crippen MR) is 73.6 cm³/mol. The third kappa shape index (κ3) is 1.37. The van der Waals surface area contributed by atoms with Gasteiger partial charge in [0.05, 0.1) is 5.36 Å². The second kappa shape index (κ2) is 3.42. The Morgan fingerprint density at radius 3 is 2.72 bits per heavy atom. The fourth-order valence-corrected chi connectivity index (χ4v) is 2.87. The zero-order valence-electron chi connectivity index (χ0n) is 10.0. The summed E-state index contributed by atoms with van der Waals surface area (Å²) in [6, 6.07) is 16.9. The van der Waals surface area contributed by atoms with Crippen LogP contribution >= 0.6 is 0 Å². The van der Waals surface area contributed by atoms with Gasteiger partial charge in [0, 0.05) is 6.42 Å². The van der Waals surface area contributed by atoms with Crippen molar-refractivity contribution in [2.45, 2.75) is 12.0 Å². The molecule has 2 aromatic rings. The molecule has 1 nitrogen and oxygen atoms in total.